The summed E-state index contributed by atoms with van der Waals surface area (Å²) < 4.78 is 16.6. The van der Waals surface area contributed by atoms with Crippen molar-refractivity contribution in [3.63, 3.8) is 0 Å². The number of rotatable bonds is 36. The maximum Gasteiger partial charge on any atom is 0.306 e. The molecule has 0 aromatic rings. The van der Waals surface area contributed by atoms with Gasteiger partial charge in [0.2, 0.25) is 0 Å². The first-order chi connectivity index (χ1) is 23.3. The van der Waals surface area contributed by atoms with Gasteiger partial charge in [0.25, 0.3) is 0 Å². The molecule has 0 saturated heterocycles. The van der Waals surface area contributed by atoms with E-state index in [1.165, 1.54) is 103 Å². The summed E-state index contributed by atoms with van der Waals surface area (Å²) in [7, 11) is 0. The highest BCUT2D eigenvalue weighted by Crippen LogP contribution is 2.16. The molecule has 2 atom stereocenters. The van der Waals surface area contributed by atoms with Crippen molar-refractivity contribution in [1.82, 2.24) is 0 Å². The van der Waals surface area contributed by atoms with Crippen LogP contribution in [0.3, 0.4) is 0 Å². The zero-order valence-corrected chi connectivity index (χ0v) is 32.6. The number of hydrogen-bond acceptors (Lipinski definition) is 6. The Labute approximate surface area is 298 Å². The van der Waals surface area contributed by atoms with Crippen LogP contribution in [0.2, 0.25) is 0 Å². The lowest BCUT2D eigenvalue weighted by atomic mass is 9.99. The zero-order chi connectivity index (χ0) is 35.5. The Hall–Kier alpha value is -1.59. The number of carbonyl (C=O) groups excluding carboxylic acids is 3. The van der Waals surface area contributed by atoms with Crippen LogP contribution >= 0.6 is 0 Å². The molecule has 0 spiro atoms. The Kier molecular flexibility index (Phi) is 34.1. The average molecular weight is 681 g/mol. The molecule has 0 aromatic carbocycles. The highest BCUT2D eigenvalue weighted by Gasteiger charge is 2.19. The van der Waals surface area contributed by atoms with Gasteiger partial charge in [0, 0.05) is 19.3 Å². The molecular weight excluding hydrogens is 600 g/mol. The molecule has 1 unspecified atom stereocenters. The highest BCUT2D eigenvalue weighted by atomic mass is 16.6. The maximum atomic E-state index is 12.6. The predicted octanol–water partition coefficient (Wildman–Crippen LogP) is 12.6. The van der Waals surface area contributed by atoms with Crippen LogP contribution in [-0.2, 0) is 28.6 Å². The Morgan fingerprint density at radius 2 is 0.792 bits per heavy atom. The van der Waals surface area contributed by atoms with Gasteiger partial charge in [-0.25, -0.2) is 0 Å². The van der Waals surface area contributed by atoms with Crippen molar-refractivity contribution in [2.75, 3.05) is 13.2 Å². The molecule has 0 aliphatic heterocycles. The molecule has 284 valence electrons. The van der Waals surface area contributed by atoms with E-state index in [-0.39, 0.29) is 31.1 Å². The van der Waals surface area contributed by atoms with E-state index in [4.69, 9.17) is 14.2 Å². The van der Waals surface area contributed by atoms with Crippen LogP contribution in [0.25, 0.3) is 0 Å². The van der Waals surface area contributed by atoms with Gasteiger partial charge in [-0.3, -0.25) is 14.4 Å². The van der Waals surface area contributed by atoms with Crippen LogP contribution in [-0.4, -0.2) is 37.2 Å². The number of carbonyl (C=O) groups is 3. The summed E-state index contributed by atoms with van der Waals surface area (Å²) in [5, 5.41) is 0. The third kappa shape index (κ3) is 34.3. The number of unbranched alkanes of at least 4 members (excludes halogenated alkanes) is 20. The minimum Gasteiger partial charge on any atom is -0.462 e. The van der Waals surface area contributed by atoms with Crippen molar-refractivity contribution < 1.29 is 28.6 Å². The van der Waals surface area contributed by atoms with Crippen LogP contribution in [0.15, 0.2) is 0 Å². The van der Waals surface area contributed by atoms with Crippen LogP contribution in [0.5, 0.6) is 0 Å². The van der Waals surface area contributed by atoms with Crippen molar-refractivity contribution in [2.24, 2.45) is 11.8 Å². The van der Waals surface area contributed by atoms with Gasteiger partial charge in [-0.15, -0.1) is 0 Å². The minimum atomic E-state index is -0.758. The number of hydrogen-bond donors (Lipinski definition) is 0. The molecule has 48 heavy (non-hydrogen) atoms. The predicted molar refractivity (Wildman–Crippen MR) is 201 cm³/mol. The van der Waals surface area contributed by atoms with Crippen LogP contribution in [0.4, 0.5) is 0 Å². The van der Waals surface area contributed by atoms with Gasteiger partial charge in [-0.2, -0.15) is 0 Å². The smallest absolute Gasteiger partial charge is 0.306 e. The molecule has 0 aliphatic rings. The number of ether oxygens (including phenoxy) is 3. The lowest BCUT2D eigenvalue weighted by molar-refractivity contribution is -0.167. The monoisotopic (exact) mass is 681 g/mol. The summed E-state index contributed by atoms with van der Waals surface area (Å²) in [6, 6.07) is 0. The third-order valence-corrected chi connectivity index (χ3v) is 9.58. The van der Waals surface area contributed by atoms with E-state index in [1.54, 1.807) is 0 Å². The normalized spacial score (nSPS) is 12.6. The molecule has 0 heterocycles. The number of esters is 3. The fourth-order valence-electron chi connectivity index (χ4n) is 6.01. The van der Waals surface area contributed by atoms with Crippen molar-refractivity contribution in [1.29, 1.82) is 0 Å². The van der Waals surface area contributed by atoms with E-state index >= 15 is 0 Å². The first-order valence-electron chi connectivity index (χ1n) is 20.8. The van der Waals surface area contributed by atoms with Crippen molar-refractivity contribution in [3.8, 4) is 0 Å². The SMILES string of the molecule is CCCCCCCC(=O)OC[C@@H](COC(=O)CCCCCCCCCCCCC(C)C)OC(=O)CCCCCCCCCCC(C)CC. The molecule has 0 rings (SSSR count). The Balaban J connectivity index is 4.25. The largest absolute Gasteiger partial charge is 0.462 e. The van der Waals surface area contributed by atoms with E-state index in [1.807, 2.05) is 0 Å². The molecule has 0 saturated carbocycles. The van der Waals surface area contributed by atoms with Gasteiger partial charge in [0.15, 0.2) is 6.10 Å². The summed E-state index contributed by atoms with van der Waals surface area (Å²) in [5.74, 6) is 0.785. The van der Waals surface area contributed by atoms with Crippen molar-refractivity contribution >= 4 is 17.9 Å². The summed E-state index contributed by atoms with van der Waals surface area (Å²) in [5.41, 5.74) is 0. The first kappa shape index (κ1) is 46.4. The van der Waals surface area contributed by atoms with Crippen LogP contribution in [0, 0.1) is 11.8 Å². The highest BCUT2D eigenvalue weighted by molar-refractivity contribution is 5.71. The summed E-state index contributed by atoms with van der Waals surface area (Å²) in [6.07, 6.45) is 31.1. The molecule has 6 nitrogen and oxygen atoms in total. The van der Waals surface area contributed by atoms with Gasteiger partial charge < -0.3 is 14.2 Å². The van der Waals surface area contributed by atoms with Crippen LogP contribution < -0.4 is 0 Å². The molecule has 0 fully saturated rings. The minimum absolute atomic E-state index is 0.0669. The van der Waals surface area contributed by atoms with E-state index in [0.29, 0.717) is 19.3 Å². The topological polar surface area (TPSA) is 78.9 Å². The molecule has 0 radical (unpaired) electrons. The van der Waals surface area contributed by atoms with Crippen LogP contribution in [0.1, 0.15) is 221 Å². The second-order valence-corrected chi connectivity index (χ2v) is 15.0. The molecule has 6 heteroatoms. The quantitative estimate of drug-likeness (QED) is 0.0372. The molecule has 0 N–H and O–H groups in total. The van der Waals surface area contributed by atoms with E-state index in [9.17, 15) is 14.4 Å². The van der Waals surface area contributed by atoms with Gasteiger partial charge >= 0.3 is 17.9 Å². The molecule has 0 bridgehead atoms. The molecular formula is C42H80O6. The Morgan fingerprint density at radius 1 is 0.438 bits per heavy atom. The average Bonchev–Trinajstić information content (AvgIpc) is 3.06. The maximum absolute atomic E-state index is 12.6. The van der Waals surface area contributed by atoms with Gasteiger partial charge in [0.1, 0.15) is 13.2 Å². The second kappa shape index (κ2) is 35.2. The second-order valence-electron chi connectivity index (χ2n) is 15.0. The van der Waals surface area contributed by atoms with E-state index < -0.39 is 6.10 Å². The zero-order valence-electron chi connectivity index (χ0n) is 32.6. The fraction of sp³-hybridized carbons (Fsp3) is 0.929. The lowest BCUT2D eigenvalue weighted by Gasteiger charge is -2.18. The molecule has 0 aromatic heterocycles. The van der Waals surface area contributed by atoms with Gasteiger partial charge in [0.05, 0.1) is 0 Å². The van der Waals surface area contributed by atoms with Crippen molar-refractivity contribution in [3.05, 3.63) is 0 Å². The third-order valence-electron chi connectivity index (χ3n) is 9.58. The fourth-order valence-corrected chi connectivity index (χ4v) is 6.01. The summed E-state index contributed by atoms with van der Waals surface area (Å²) in [6.45, 7) is 11.2. The standard InChI is InChI=1S/C42H80O6/c1-6-8-9-20-27-32-40(43)46-35-39(48-42(45)34-29-24-19-15-14-17-22-26-31-38(5)7-2)36-47-41(44)33-28-23-18-13-11-10-12-16-21-25-30-37(3)4/h37-39H,6-36H2,1-5H3/t38?,39-/m0/s1. The Morgan fingerprint density at radius 3 is 1.19 bits per heavy atom. The molecule has 0 amide bonds. The molecule has 0 aliphatic carbocycles. The van der Waals surface area contributed by atoms with E-state index in [2.05, 4.69) is 34.6 Å². The van der Waals surface area contributed by atoms with E-state index in [0.717, 1.165) is 76.0 Å². The first-order valence-corrected chi connectivity index (χ1v) is 20.8. The van der Waals surface area contributed by atoms with Gasteiger partial charge in [-0.05, 0) is 31.1 Å². The van der Waals surface area contributed by atoms with Gasteiger partial charge in [-0.1, -0.05) is 182 Å². The Bertz CT molecular complexity index is 736. The summed E-state index contributed by atoms with van der Waals surface area (Å²) in [4.78, 5) is 37.3. The summed E-state index contributed by atoms with van der Waals surface area (Å²) >= 11 is 0. The lowest BCUT2D eigenvalue weighted by Crippen LogP contribution is -2.30. The van der Waals surface area contributed by atoms with Crippen molar-refractivity contribution in [2.45, 2.75) is 227 Å².